The molecule has 0 spiro atoms. The van der Waals surface area contributed by atoms with Gasteiger partial charge in [0.2, 0.25) is 0 Å². The van der Waals surface area contributed by atoms with Gasteiger partial charge in [-0.3, -0.25) is 15.1 Å². The van der Waals surface area contributed by atoms with Crippen LogP contribution in [0.15, 0.2) is 58.5 Å². The van der Waals surface area contributed by atoms with Crippen LogP contribution in [0.5, 0.6) is 0 Å². The van der Waals surface area contributed by atoms with Crippen LogP contribution < -0.4 is 5.48 Å². The summed E-state index contributed by atoms with van der Waals surface area (Å²) in [6.07, 6.45) is 0.859. The number of methoxy groups -OCH3 is 1. The van der Waals surface area contributed by atoms with E-state index < -0.39 is 0 Å². The van der Waals surface area contributed by atoms with Crippen LogP contribution in [-0.4, -0.2) is 20.2 Å². The van der Waals surface area contributed by atoms with Gasteiger partial charge >= 0.3 is 5.97 Å². The lowest BCUT2D eigenvalue weighted by Gasteiger charge is -2.08. The molecule has 1 N–H and O–H groups in total. The number of benzene rings is 2. The van der Waals surface area contributed by atoms with E-state index in [1.165, 1.54) is 17.9 Å². The highest BCUT2D eigenvalue weighted by molar-refractivity contribution is 8.02. The van der Waals surface area contributed by atoms with Crippen molar-refractivity contribution in [2.75, 3.05) is 14.2 Å². The van der Waals surface area contributed by atoms with Crippen molar-refractivity contribution >= 4 is 28.5 Å². The molecule has 116 valence electrons. The van der Waals surface area contributed by atoms with Crippen molar-refractivity contribution in [3.05, 3.63) is 53.6 Å². The van der Waals surface area contributed by atoms with Crippen LogP contribution >= 0.6 is 11.8 Å². The molecule has 0 heterocycles. The minimum absolute atomic E-state index is 0.237. The first-order valence-corrected chi connectivity index (χ1v) is 7.81. The Hall–Kier alpha value is -1.98. The predicted molar refractivity (Wildman–Crippen MR) is 89.3 cm³/mol. The SMILES string of the molecule is CONC(=CSc1ccc2ccccc2c1)CCC(=O)OC. The highest BCUT2D eigenvalue weighted by atomic mass is 32.2. The van der Waals surface area contributed by atoms with Gasteiger partial charge in [-0.15, -0.1) is 0 Å². The Bertz CT molecular complexity index is 670. The number of rotatable bonds is 7. The average Bonchev–Trinajstić information content (AvgIpc) is 2.56. The van der Waals surface area contributed by atoms with Gasteiger partial charge in [-0.25, -0.2) is 0 Å². The molecule has 0 atom stereocenters. The Morgan fingerprint density at radius 2 is 1.91 bits per heavy atom. The van der Waals surface area contributed by atoms with E-state index in [4.69, 9.17) is 4.84 Å². The van der Waals surface area contributed by atoms with Gasteiger partial charge in [0.25, 0.3) is 0 Å². The zero-order valence-corrected chi connectivity index (χ0v) is 13.5. The third kappa shape index (κ3) is 4.79. The van der Waals surface area contributed by atoms with Crippen molar-refractivity contribution in [3.8, 4) is 0 Å². The number of hydrogen-bond donors (Lipinski definition) is 1. The number of esters is 1. The molecule has 0 unspecified atom stereocenters. The molecule has 0 aliphatic heterocycles. The van der Waals surface area contributed by atoms with Crippen molar-refractivity contribution in [1.82, 2.24) is 5.48 Å². The van der Waals surface area contributed by atoms with E-state index in [1.807, 2.05) is 17.5 Å². The largest absolute Gasteiger partial charge is 0.469 e. The summed E-state index contributed by atoms with van der Waals surface area (Å²) >= 11 is 1.59. The summed E-state index contributed by atoms with van der Waals surface area (Å²) in [6, 6.07) is 14.6. The molecule has 22 heavy (non-hydrogen) atoms. The van der Waals surface area contributed by atoms with Crippen LogP contribution in [0.1, 0.15) is 12.8 Å². The zero-order valence-electron chi connectivity index (χ0n) is 12.7. The van der Waals surface area contributed by atoms with Gasteiger partial charge in [0.1, 0.15) is 0 Å². The quantitative estimate of drug-likeness (QED) is 0.477. The average molecular weight is 317 g/mol. The standard InChI is InChI=1S/C17H19NO3S/c1-20-17(19)10-8-15(18-21-2)12-22-16-9-7-13-5-3-4-6-14(13)11-16/h3-7,9,11-12,18H,8,10H2,1-2H3. The second-order valence-corrected chi connectivity index (χ2v) is 5.60. The molecular weight excluding hydrogens is 298 g/mol. The number of hydrogen-bond acceptors (Lipinski definition) is 5. The number of thioether (sulfide) groups is 1. The lowest BCUT2D eigenvalue weighted by atomic mass is 10.1. The summed E-state index contributed by atoms with van der Waals surface area (Å²) in [7, 11) is 2.94. The van der Waals surface area contributed by atoms with Crippen LogP contribution in [0.4, 0.5) is 0 Å². The minimum Gasteiger partial charge on any atom is -0.469 e. The van der Waals surface area contributed by atoms with Gasteiger partial charge in [0.15, 0.2) is 0 Å². The molecular formula is C17H19NO3S. The van der Waals surface area contributed by atoms with Gasteiger partial charge in [-0.1, -0.05) is 42.1 Å². The first-order chi connectivity index (χ1) is 10.7. The second kappa shape index (κ2) is 8.46. The van der Waals surface area contributed by atoms with Gasteiger partial charge < -0.3 is 4.74 Å². The fourth-order valence-electron chi connectivity index (χ4n) is 1.98. The summed E-state index contributed by atoms with van der Waals surface area (Å²) in [5, 5.41) is 4.38. The molecule has 2 rings (SSSR count). The summed E-state index contributed by atoms with van der Waals surface area (Å²) in [4.78, 5) is 17.3. The van der Waals surface area contributed by atoms with Crippen LogP contribution in [0, 0.1) is 0 Å². The Kier molecular flexibility index (Phi) is 6.30. The summed E-state index contributed by atoms with van der Waals surface area (Å²) in [5.74, 6) is -0.237. The number of allylic oxidation sites excluding steroid dienone is 1. The van der Waals surface area contributed by atoms with Crippen molar-refractivity contribution in [3.63, 3.8) is 0 Å². The van der Waals surface area contributed by atoms with Gasteiger partial charge in [0.05, 0.1) is 20.6 Å². The number of hydroxylamine groups is 1. The molecule has 0 saturated heterocycles. The molecule has 0 radical (unpaired) electrons. The first kappa shape index (κ1) is 16.4. The lowest BCUT2D eigenvalue weighted by molar-refractivity contribution is -0.140. The smallest absolute Gasteiger partial charge is 0.305 e. The molecule has 0 saturated carbocycles. The van der Waals surface area contributed by atoms with E-state index in [0.29, 0.717) is 12.8 Å². The van der Waals surface area contributed by atoms with E-state index in [-0.39, 0.29) is 5.97 Å². The van der Waals surface area contributed by atoms with Crippen molar-refractivity contribution in [2.24, 2.45) is 0 Å². The minimum atomic E-state index is -0.237. The van der Waals surface area contributed by atoms with Gasteiger partial charge in [0, 0.05) is 17.0 Å². The Morgan fingerprint density at radius 3 is 2.64 bits per heavy atom. The highest BCUT2D eigenvalue weighted by Gasteiger charge is 2.04. The maximum Gasteiger partial charge on any atom is 0.305 e. The second-order valence-electron chi connectivity index (χ2n) is 4.65. The molecule has 0 fully saturated rings. The fraction of sp³-hybridized carbons (Fsp3) is 0.235. The van der Waals surface area contributed by atoms with E-state index in [2.05, 4.69) is 40.5 Å². The normalized spacial score (nSPS) is 11.5. The van der Waals surface area contributed by atoms with Crippen molar-refractivity contribution in [2.45, 2.75) is 17.7 Å². The molecule has 5 heteroatoms. The molecule has 0 aliphatic rings. The van der Waals surface area contributed by atoms with E-state index in [9.17, 15) is 4.79 Å². The summed E-state index contributed by atoms with van der Waals surface area (Å²) < 4.78 is 4.65. The maximum absolute atomic E-state index is 11.2. The molecule has 2 aromatic carbocycles. The van der Waals surface area contributed by atoms with Crippen LogP contribution in [0.3, 0.4) is 0 Å². The van der Waals surface area contributed by atoms with Crippen LogP contribution in [-0.2, 0) is 14.4 Å². The molecule has 2 aromatic rings. The predicted octanol–water partition coefficient (Wildman–Crippen LogP) is 3.88. The zero-order chi connectivity index (χ0) is 15.8. The fourth-order valence-corrected chi connectivity index (χ4v) is 2.77. The number of carbonyl (C=O) groups is 1. The molecule has 0 aromatic heterocycles. The van der Waals surface area contributed by atoms with Crippen molar-refractivity contribution in [1.29, 1.82) is 0 Å². The highest BCUT2D eigenvalue weighted by Crippen LogP contribution is 2.25. The summed E-state index contributed by atoms with van der Waals surface area (Å²) in [6.45, 7) is 0. The van der Waals surface area contributed by atoms with Crippen molar-refractivity contribution < 1.29 is 14.4 Å². The number of carbonyl (C=O) groups excluding carboxylic acids is 1. The van der Waals surface area contributed by atoms with Crippen LogP contribution in [0.25, 0.3) is 10.8 Å². The first-order valence-electron chi connectivity index (χ1n) is 6.93. The monoisotopic (exact) mass is 317 g/mol. The van der Waals surface area contributed by atoms with Gasteiger partial charge in [-0.05, 0) is 28.3 Å². The number of fused-ring (bicyclic) bond motifs is 1. The van der Waals surface area contributed by atoms with E-state index >= 15 is 0 Å². The molecule has 0 aliphatic carbocycles. The lowest BCUT2D eigenvalue weighted by Crippen LogP contribution is -2.12. The van der Waals surface area contributed by atoms with E-state index in [0.717, 1.165) is 10.6 Å². The summed E-state index contributed by atoms with van der Waals surface area (Å²) in [5.41, 5.74) is 3.64. The topological polar surface area (TPSA) is 47.6 Å². The Labute approximate surface area is 134 Å². The Balaban J connectivity index is 2.05. The Morgan fingerprint density at radius 1 is 1.14 bits per heavy atom. The number of ether oxygens (including phenoxy) is 1. The third-order valence-corrected chi connectivity index (χ3v) is 4.05. The molecule has 0 bridgehead atoms. The number of nitrogens with one attached hydrogen (secondary N) is 1. The molecule has 0 amide bonds. The molecule has 4 nitrogen and oxygen atoms in total. The van der Waals surface area contributed by atoms with Crippen LogP contribution in [0.2, 0.25) is 0 Å². The van der Waals surface area contributed by atoms with E-state index in [1.54, 1.807) is 18.9 Å². The van der Waals surface area contributed by atoms with Gasteiger partial charge in [-0.2, -0.15) is 0 Å². The third-order valence-electron chi connectivity index (χ3n) is 3.12. The maximum atomic E-state index is 11.2.